The summed E-state index contributed by atoms with van der Waals surface area (Å²) in [7, 11) is 1.44. The number of rotatable bonds is 22. The van der Waals surface area contributed by atoms with E-state index in [4.69, 9.17) is 14.2 Å². The molecule has 0 spiro atoms. The molecule has 196 valence electrons. The van der Waals surface area contributed by atoms with Gasteiger partial charge in [0, 0.05) is 19.1 Å². The van der Waals surface area contributed by atoms with Crippen molar-refractivity contribution >= 4 is 5.97 Å². The van der Waals surface area contributed by atoms with Crippen LogP contribution in [0.4, 0.5) is 0 Å². The molecule has 0 amide bonds. The molecular formula is C27H53NO5. The lowest BCUT2D eigenvalue weighted by Gasteiger charge is -2.26. The molecule has 1 aliphatic rings. The summed E-state index contributed by atoms with van der Waals surface area (Å²) >= 11 is 0. The van der Waals surface area contributed by atoms with Crippen LogP contribution < -0.4 is 5.32 Å². The summed E-state index contributed by atoms with van der Waals surface area (Å²) < 4.78 is 16.5. The average molecular weight is 472 g/mol. The zero-order valence-corrected chi connectivity index (χ0v) is 21.7. The van der Waals surface area contributed by atoms with E-state index >= 15 is 0 Å². The average Bonchev–Trinajstić information content (AvgIpc) is 2.84. The van der Waals surface area contributed by atoms with E-state index in [9.17, 15) is 9.90 Å². The molecule has 0 aromatic carbocycles. The van der Waals surface area contributed by atoms with Crippen molar-refractivity contribution in [3.8, 4) is 0 Å². The van der Waals surface area contributed by atoms with Crippen LogP contribution in [0, 0.1) is 0 Å². The highest BCUT2D eigenvalue weighted by Gasteiger charge is 2.17. The van der Waals surface area contributed by atoms with E-state index in [0.717, 1.165) is 77.4 Å². The van der Waals surface area contributed by atoms with Crippen LogP contribution in [-0.2, 0) is 19.0 Å². The predicted molar refractivity (Wildman–Crippen MR) is 134 cm³/mol. The van der Waals surface area contributed by atoms with Crippen LogP contribution in [0.3, 0.4) is 0 Å². The Kier molecular flexibility index (Phi) is 20.1. The summed E-state index contributed by atoms with van der Waals surface area (Å²) in [4.78, 5) is 11.2. The second-order valence-corrected chi connectivity index (χ2v) is 9.66. The van der Waals surface area contributed by atoms with E-state index < -0.39 is 0 Å². The SMILES string of the molecule is CCCCCCCCCC(O)CCNC(CCCCCCC(=O)OC)COC1CCCCO1. The maximum absolute atomic E-state index is 11.2. The molecule has 0 aromatic heterocycles. The lowest BCUT2D eigenvalue weighted by molar-refractivity contribution is -0.166. The van der Waals surface area contributed by atoms with E-state index in [1.54, 1.807) is 0 Å². The predicted octanol–water partition coefficient (Wildman–Crippen LogP) is 5.89. The van der Waals surface area contributed by atoms with Crippen LogP contribution in [0.25, 0.3) is 0 Å². The minimum absolute atomic E-state index is 0.0639. The molecule has 6 heteroatoms. The maximum Gasteiger partial charge on any atom is 0.305 e. The van der Waals surface area contributed by atoms with Crippen molar-refractivity contribution in [3.63, 3.8) is 0 Å². The van der Waals surface area contributed by atoms with Gasteiger partial charge in [-0.15, -0.1) is 0 Å². The van der Waals surface area contributed by atoms with Gasteiger partial charge in [-0.2, -0.15) is 0 Å². The number of ether oxygens (including phenoxy) is 3. The highest BCUT2D eigenvalue weighted by atomic mass is 16.7. The number of nitrogens with one attached hydrogen (secondary N) is 1. The number of carbonyl (C=O) groups is 1. The number of carbonyl (C=O) groups excluding carboxylic acids is 1. The van der Waals surface area contributed by atoms with Crippen LogP contribution in [0.5, 0.6) is 0 Å². The van der Waals surface area contributed by atoms with Crippen molar-refractivity contribution in [1.29, 1.82) is 0 Å². The Bertz CT molecular complexity index is 442. The lowest BCUT2D eigenvalue weighted by Crippen LogP contribution is -2.37. The number of methoxy groups -OCH3 is 1. The number of unbranched alkanes of at least 4 members (excludes halogenated alkanes) is 9. The van der Waals surface area contributed by atoms with Gasteiger partial charge in [-0.05, 0) is 51.5 Å². The van der Waals surface area contributed by atoms with Gasteiger partial charge < -0.3 is 24.6 Å². The van der Waals surface area contributed by atoms with Gasteiger partial charge in [0.25, 0.3) is 0 Å². The van der Waals surface area contributed by atoms with Gasteiger partial charge in [0.05, 0.1) is 19.8 Å². The van der Waals surface area contributed by atoms with Crippen molar-refractivity contribution < 1.29 is 24.1 Å². The van der Waals surface area contributed by atoms with Gasteiger partial charge in [-0.3, -0.25) is 4.79 Å². The van der Waals surface area contributed by atoms with Crippen LogP contribution in [0.2, 0.25) is 0 Å². The van der Waals surface area contributed by atoms with Crippen LogP contribution >= 0.6 is 0 Å². The fourth-order valence-corrected chi connectivity index (χ4v) is 4.36. The summed E-state index contributed by atoms with van der Waals surface area (Å²) in [6, 6.07) is 0.280. The first kappa shape index (κ1) is 30.3. The Morgan fingerprint density at radius 1 is 0.970 bits per heavy atom. The largest absolute Gasteiger partial charge is 0.469 e. The van der Waals surface area contributed by atoms with Crippen LogP contribution in [0.15, 0.2) is 0 Å². The van der Waals surface area contributed by atoms with Gasteiger partial charge in [0.15, 0.2) is 6.29 Å². The molecule has 1 aliphatic heterocycles. The minimum atomic E-state index is -0.213. The quantitative estimate of drug-likeness (QED) is 0.151. The van der Waals surface area contributed by atoms with Crippen molar-refractivity contribution in [2.24, 2.45) is 0 Å². The second kappa shape index (κ2) is 21.8. The molecule has 3 atom stereocenters. The molecule has 1 rings (SSSR count). The third-order valence-corrected chi connectivity index (χ3v) is 6.58. The van der Waals surface area contributed by atoms with Crippen molar-refractivity contribution in [2.45, 2.75) is 141 Å². The molecule has 0 radical (unpaired) electrons. The van der Waals surface area contributed by atoms with E-state index in [2.05, 4.69) is 12.2 Å². The molecule has 0 aromatic rings. The maximum atomic E-state index is 11.2. The Hall–Kier alpha value is -0.690. The Morgan fingerprint density at radius 3 is 2.36 bits per heavy atom. The first-order valence-corrected chi connectivity index (χ1v) is 13.9. The topological polar surface area (TPSA) is 77.0 Å². The molecule has 1 heterocycles. The van der Waals surface area contributed by atoms with Crippen molar-refractivity contribution in [2.75, 3.05) is 26.9 Å². The summed E-state index contributed by atoms with van der Waals surface area (Å²) in [5.74, 6) is -0.120. The smallest absolute Gasteiger partial charge is 0.305 e. The molecule has 0 saturated carbocycles. The number of aliphatic hydroxyl groups excluding tert-OH is 1. The fraction of sp³-hybridized carbons (Fsp3) is 0.963. The Balaban J connectivity index is 2.18. The third kappa shape index (κ3) is 18.3. The second-order valence-electron chi connectivity index (χ2n) is 9.66. The normalized spacial score (nSPS) is 18.2. The summed E-state index contributed by atoms with van der Waals surface area (Å²) in [6.07, 6.45) is 19.4. The van der Waals surface area contributed by atoms with Gasteiger partial charge >= 0.3 is 5.97 Å². The highest BCUT2D eigenvalue weighted by molar-refractivity contribution is 5.68. The molecule has 3 unspecified atom stereocenters. The molecular weight excluding hydrogens is 418 g/mol. The molecule has 2 N–H and O–H groups in total. The number of hydrogen-bond acceptors (Lipinski definition) is 6. The summed E-state index contributed by atoms with van der Waals surface area (Å²) in [6.45, 7) is 4.52. The fourth-order valence-electron chi connectivity index (χ4n) is 4.36. The molecule has 6 nitrogen and oxygen atoms in total. The molecule has 33 heavy (non-hydrogen) atoms. The van der Waals surface area contributed by atoms with Gasteiger partial charge in [0.1, 0.15) is 0 Å². The Morgan fingerprint density at radius 2 is 1.67 bits per heavy atom. The van der Waals surface area contributed by atoms with E-state index in [1.165, 1.54) is 52.1 Å². The van der Waals surface area contributed by atoms with Crippen molar-refractivity contribution in [3.05, 3.63) is 0 Å². The number of esters is 1. The molecule has 1 saturated heterocycles. The van der Waals surface area contributed by atoms with Crippen molar-refractivity contribution in [1.82, 2.24) is 5.32 Å². The number of aliphatic hydroxyl groups is 1. The third-order valence-electron chi connectivity index (χ3n) is 6.58. The van der Waals surface area contributed by atoms with Gasteiger partial charge in [-0.1, -0.05) is 71.1 Å². The minimum Gasteiger partial charge on any atom is -0.469 e. The zero-order chi connectivity index (χ0) is 24.0. The van der Waals surface area contributed by atoms with E-state index in [-0.39, 0.29) is 24.4 Å². The lowest BCUT2D eigenvalue weighted by atomic mass is 10.0. The Labute approximate surface area is 203 Å². The number of hydrogen-bond donors (Lipinski definition) is 2. The zero-order valence-electron chi connectivity index (χ0n) is 21.7. The van der Waals surface area contributed by atoms with Crippen LogP contribution in [0.1, 0.15) is 122 Å². The standard InChI is InChI=1S/C27H53NO5/c1-3-4-5-6-7-8-12-17-25(29)20-21-28-24(23-33-27-19-14-15-22-32-27)16-11-9-10-13-18-26(30)31-2/h24-25,27-29H,3-23H2,1-2H3. The highest BCUT2D eigenvalue weighted by Crippen LogP contribution is 2.16. The van der Waals surface area contributed by atoms with Gasteiger partial charge in [-0.25, -0.2) is 0 Å². The van der Waals surface area contributed by atoms with Gasteiger partial charge in [0.2, 0.25) is 0 Å². The first-order chi connectivity index (χ1) is 16.2. The first-order valence-electron chi connectivity index (χ1n) is 13.9. The summed E-state index contributed by atoms with van der Waals surface area (Å²) in [5.41, 5.74) is 0. The van der Waals surface area contributed by atoms with Crippen LogP contribution in [-0.4, -0.2) is 56.4 Å². The molecule has 0 aliphatic carbocycles. The molecule has 0 bridgehead atoms. The molecule has 1 fully saturated rings. The monoisotopic (exact) mass is 471 g/mol. The van der Waals surface area contributed by atoms with E-state index in [0.29, 0.717) is 13.0 Å². The van der Waals surface area contributed by atoms with E-state index in [1.807, 2.05) is 0 Å². The summed E-state index contributed by atoms with van der Waals surface area (Å²) in [5, 5.41) is 14.0.